The van der Waals surface area contributed by atoms with Crippen molar-refractivity contribution in [3.8, 4) is 5.88 Å². The van der Waals surface area contributed by atoms with Crippen LogP contribution in [0.25, 0.3) is 5.65 Å². The van der Waals surface area contributed by atoms with Crippen LogP contribution in [-0.2, 0) is 0 Å². The zero-order valence-corrected chi connectivity index (χ0v) is 14.9. The number of fused-ring (bicyclic) bond motifs is 1. The van der Waals surface area contributed by atoms with Crippen LogP contribution in [0.2, 0.25) is 0 Å². The number of ether oxygens (including phenoxy) is 1. The number of amides is 1. The van der Waals surface area contributed by atoms with Gasteiger partial charge in [-0.1, -0.05) is 6.07 Å². The lowest BCUT2D eigenvalue weighted by molar-refractivity contribution is 0.0518. The highest BCUT2D eigenvalue weighted by molar-refractivity contribution is 5.94. The lowest BCUT2D eigenvalue weighted by Crippen LogP contribution is -2.45. The molecule has 4 rings (SSSR count). The van der Waals surface area contributed by atoms with Gasteiger partial charge < -0.3 is 9.64 Å². The van der Waals surface area contributed by atoms with Crippen molar-refractivity contribution in [3.63, 3.8) is 0 Å². The van der Waals surface area contributed by atoms with E-state index in [0.717, 1.165) is 36.4 Å². The molecule has 1 unspecified atom stereocenters. The minimum absolute atomic E-state index is 0.00973. The van der Waals surface area contributed by atoms with Crippen molar-refractivity contribution in [3.05, 3.63) is 53.6 Å². The summed E-state index contributed by atoms with van der Waals surface area (Å²) in [4.78, 5) is 19.5. The molecule has 3 aromatic heterocycles. The summed E-state index contributed by atoms with van der Waals surface area (Å²) in [5.41, 5.74) is 3.00. The second-order valence-corrected chi connectivity index (χ2v) is 6.62. The van der Waals surface area contributed by atoms with Crippen LogP contribution < -0.4 is 4.74 Å². The van der Waals surface area contributed by atoms with Crippen molar-refractivity contribution >= 4 is 11.6 Å². The first-order valence-electron chi connectivity index (χ1n) is 8.82. The Labute approximate surface area is 151 Å². The van der Waals surface area contributed by atoms with E-state index < -0.39 is 0 Å². The van der Waals surface area contributed by atoms with Crippen LogP contribution in [0.3, 0.4) is 0 Å². The SMILES string of the molecule is Cc1ccc(OC2CCCN(C(=O)c3c(C)nc4ccccn34)C2)nn1. The number of likely N-dealkylation sites (tertiary alicyclic amines) is 1. The summed E-state index contributed by atoms with van der Waals surface area (Å²) in [5.74, 6) is 0.491. The van der Waals surface area contributed by atoms with Gasteiger partial charge in [0.2, 0.25) is 5.88 Å². The van der Waals surface area contributed by atoms with E-state index in [4.69, 9.17) is 4.74 Å². The number of carbonyl (C=O) groups excluding carboxylic acids is 1. The fourth-order valence-electron chi connectivity index (χ4n) is 3.36. The van der Waals surface area contributed by atoms with Gasteiger partial charge in [-0.05, 0) is 44.9 Å². The number of hydrogen-bond acceptors (Lipinski definition) is 5. The van der Waals surface area contributed by atoms with Crippen LogP contribution in [0.5, 0.6) is 5.88 Å². The Kier molecular flexibility index (Phi) is 4.28. The molecule has 1 aliphatic heterocycles. The molecule has 3 aromatic rings. The van der Waals surface area contributed by atoms with Gasteiger partial charge in [-0.25, -0.2) is 4.98 Å². The predicted molar refractivity (Wildman–Crippen MR) is 96.3 cm³/mol. The summed E-state index contributed by atoms with van der Waals surface area (Å²) in [6.07, 6.45) is 3.59. The summed E-state index contributed by atoms with van der Waals surface area (Å²) < 4.78 is 7.79. The minimum Gasteiger partial charge on any atom is -0.471 e. The lowest BCUT2D eigenvalue weighted by atomic mass is 10.1. The molecule has 0 spiro atoms. The Morgan fingerprint density at radius 2 is 2.08 bits per heavy atom. The second-order valence-electron chi connectivity index (χ2n) is 6.62. The molecule has 0 N–H and O–H groups in total. The molecule has 0 bridgehead atoms. The summed E-state index contributed by atoms with van der Waals surface area (Å²) in [5, 5.41) is 8.08. The van der Waals surface area contributed by atoms with E-state index in [1.165, 1.54) is 0 Å². The number of carbonyl (C=O) groups is 1. The molecular formula is C19H21N5O2. The van der Waals surface area contributed by atoms with Gasteiger partial charge in [-0.15, -0.1) is 5.10 Å². The third kappa shape index (κ3) is 3.12. The fraction of sp³-hybridized carbons (Fsp3) is 0.368. The third-order valence-corrected chi connectivity index (χ3v) is 4.63. The molecule has 1 saturated heterocycles. The smallest absolute Gasteiger partial charge is 0.272 e. The predicted octanol–water partition coefficient (Wildman–Crippen LogP) is 2.42. The molecule has 0 saturated carbocycles. The Hall–Kier alpha value is -2.96. The zero-order valence-electron chi connectivity index (χ0n) is 14.9. The minimum atomic E-state index is -0.0794. The highest BCUT2D eigenvalue weighted by atomic mass is 16.5. The lowest BCUT2D eigenvalue weighted by Gasteiger charge is -2.32. The Balaban J connectivity index is 1.52. The molecule has 0 radical (unpaired) electrons. The van der Waals surface area contributed by atoms with Crippen LogP contribution in [0.4, 0.5) is 0 Å². The van der Waals surface area contributed by atoms with E-state index in [2.05, 4.69) is 15.2 Å². The molecule has 0 aromatic carbocycles. The van der Waals surface area contributed by atoms with Crippen molar-refractivity contribution in [2.45, 2.75) is 32.8 Å². The number of aryl methyl sites for hydroxylation is 2. The number of piperidine rings is 1. The number of pyridine rings is 1. The molecular weight excluding hydrogens is 330 g/mol. The molecule has 7 heteroatoms. The topological polar surface area (TPSA) is 72.6 Å². The number of imidazole rings is 1. The number of hydrogen-bond donors (Lipinski definition) is 0. The van der Waals surface area contributed by atoms with Crippen molar-refractivity contribution in [2.24, 2.45) is 0 Å². The third-order valence-electron chi connectivity index (χ3n) is 4.63. The number of nitrogens with zero attached hydrogens (tertiary/aromatic N) is 5. The highest BCUT2D eigenvalue weighted by Gasteiger charge is 2.28. The summed E-state index contributed by atoms with van der Waals surface area (Å²) in [7, 11) is 0. The van der Waals surface area contributed by atoms with Crippen molar-refractivity contribution in [1.82, 2.24) is 24.5 Å². The van der Waals surface area contributed by atoms with E-state index >= 15 is 0 Å². The van der Waals surface area contributed by atoms with Gasteiger partial charge in [0.05, 0.1) is 17.9 Å². The van der Waals surface area contributed by atoms with Crippen LogP contribution in [-0.4, -0.2) is 49.6 Å². The Bertz CT molecular complexity index is 935. The molecule has 1 atom stereocenters. The Morgan fingerprint density at radius 3 is 2.88 bits per heavy atom. The van der Waals surface area contributed by atoms with Crippen LogP contribution in [0.1, 0.15) is 34.7 Å². The largest absolute Gasteiger partial charge is 0.471 e. The van der Waals surface area contributed by atoms with Gasteiger partial charge in [0.15, 0.2) is 0 Å². The van der Waals surface area contributed by atoms with Gasteiger partial charge >= 0.3 is 0 Å². The van der Waals surface area contributed by atoms with E-state index in [0.29, 0.717) is 18.1 Å². The average molecular weight is 351 g/mol. The molecule has 1 amide bonds. The van der Waals surface area contributed by atoms with Gasteiger partial charge in [-0.3, -0.25) is 9.20 Å². The maximum atomic E-state index is 13.1. The molecule has 26 heavy (non-hydrogen) atoms. The summed E-state index contributed by atoms with van der Waals surface area (Å²) in [6.45, 7) is 5.02. The molecule has 1 aliphatic rings. The van der Waals surface area contributed by atoms with Gasteiger partial charge in [0, 0.05) is 18.8 Å². The van der Waals surface area contributed by atoms with Crippen LogP contribution >= 0.6 is 0 Å². The first kappa shape index (κ1) is 16.5. The summed E-state index contributed by atoms with van der Waals surface area (Å²) in [6, 6.07) is 9.42. The normalized spacial score (nSPS) is 17.5. The fourth-order valence-corrected chi connectivity index (χ4v) is 3.36. The average Bonchev–Trinajstić information content (AvgIpc) is 2.99. The molecule has 7 nitrogen and oxygen atoms in total. The number of aromatic nitrogens is 4. The maximum absolute atomic E-state index is 13.1. The molecule has 134 valence electrons. The van der Waals surface area contributed by atoms with Crippen molar-refractivity contribution < 1.29 is 9.53 Å². The zero-order chi connectivity index (χ0) is 18.1. The monoisotopic (exact) mass is 351 g/mol. The van der Waals surface area contributed by atoms with Crippen molar-refractivity contribution in [2.75, 3.05) is 13.1 Å². The second kappa shape index (κ2) is 6.74. The standard InChI is InChI=1S/C19H21N5O2/c1-13-8-9-17(22-21-13)26-15-6-5-10-23(12-15)19(25)18-14(2)20-16-7-3-4-11-24(16)18/h3-4,7-9,11,15H,5-6,10,12H2,1-2H3. The van der Waals surface area contributed by atoms with E-state index in [1.54, 1.807) is 0 Å². The van der Waals surface area contributed by atoms with E-state index in [1.807, 2.05) is 59.7 Å². The molecule has 4 heterocycles. The van der Waals surface area contributed by atoms with Gasteiger partial charge in [0.25, 0.3) is 5.91 Å². The maximum Gasteiger partial charge on any atom is 0.272 e. The van der Waals surface area contributed by atoms with Crippen LogP contribution in [0.15, 0.2) is 36.5 Å². The highest BCUT2D eigenvalue weighted by Crippen LogP contribution is 2.20. The van der Waals surface area contributed by atoms with Gasteiger partial charge in [0.1, 0.15) is 17.4 Å². The quantitative estimate of drug-likeness (QED) is 0.725. The van der Waals surface area contributed by atoms with Crippen LogP contribution in [0, 0.1) is 13.8 Å². The van der Waals surface area contributed by atoms with E-state index in [9.17, 15) is 4.79 Å². The Morgan fingerprint density at radius 1 is 1.19 bits per heavy atom. The van der Waals surface area contributed by atoms with Crippen molar-refractivity contribution in [1.29, 1.82) is 0 Å². The number of rotatable bonds is 3. The van der Waals surface area contributed by atoms with E-state index in [-0.39, 0.29) is 12.0 Å². The molecule has 1 fully saturated rings. The molecule has 0 aliphatic carbocycles. The van der Waals surface area contributed by atoms with Gasteiger partial charge in [-0.2, -0.15) is 5.10 Å². The first-order chi connectivity index (χ1) is 12.6. The summed E-state index contributed by atoms with van der Waals surface area (Å²) >= 11 is 0. The first-order valence-corrected chi connectivity index (χ1v) is 8.82.